The molecule has 1 aliphatic rings. The van der Waals surface area contributed by atoms with Crippen LogP contribution in [0.5, 0.6) is 5.75 Å². The van der Waals surface area contributed by atoms with E-state index in [1.165, 1.54) is 5.12 Å². The highest BCUT2D eigenvalue weighted by molar-refractivity contribution is 6.30. The monoisotopic (exact) mass is 503 g/mol. The molecular weight excluding hydrogens is 473 g/mol. The first-order valence-electron chi connectivity index (χ1n) is 11.4. The summed E-state index contributed by atoms with van der Waals surface area (Å²) in [7, 11) is 1.68. The Kier molecular flexibility index (Phi) is 9.95. The molecule has 3 rings (SSSR count). The fraction of sp³-hybridized carbons (Fsp3) is 0.417. The Morgan fingerprint density at radius 1 is 1.40 bits per heavy atom. The van der Waals surface area contributed by atoms with Gasteiger partial charge in [-0.1, -0.05) is 22.9 Å². The van der Waals surface area contributed by atoms with Gasteiger partial charge in [-0.3, -0.25) is 14.7 Å². The van der Waals surface area contributed by atoms with Crippen LogP contribution in [0.2, 0.25) is 5.02 Å². The first kappa shape index (κ1) is 26.5. The minimum absolute atomic E-state index is 0.0255. The van der Waals surface area contributed by atoms with Crippen molar-refractivity contribution in [3.8, 4) is 5.75 Å². The molecule has 1 aromatic carbocycles. The number of nitrogens with one attached hydrogen (secondary N) is 2. The number of ether oxygens (including phenoxy) is 1. The van der Waals surface area contributed by atoms with Crippen LogP contribution in [0.3, 0.4) is 0 Å². The summed E-state index contributed by atoms with van der Waals surface area (Å²) in [6.07, 6.45) is 4.97. The van der Waals surface area contributed by atoms with Crippen LogP contribution >= 0.6 is 11.6 Å². The van der Waals surface area contributed by atoms with Gasteiger partial charge in [0.05, 0.1) is 18.4 Å². The van der Waals surface area contributed by atoms with Crippen molar-refractivity contribution >= 4 is 23.6 Å². The third kappa shape index (κ3) is 7.71. The van der Waals surface area contributed by atoms with E-state index in [4.69, 9.17) is 21.9 Å². The fourth-order valence-electron chi connectivity index (χ4n) is 3.94. The van der Waals surface area contributed by atoms with Crippen molar-refractivity contribution < 1.29 is 13.9 Å². The molecule has 9 nitrogen and oxygen atoms in total. The number of benzene rings is 1. The van der Waals surface area contributed by atoms with Crippen LogP contribution in [-0.4, -0.2) is 71.8 Å². The van der Waals surface area contributed by atoms with E-state index in [-0.39, 0.29) is 18.6 Å². The Morgan fingerprint density at radius 3 is 2.89 bits per heavy atom. The Balaban J connectivity index is 1.57. The second-order valence-corrected chi connectivity index (χ2v) is 8.63. The SMILES string of the molecule is CNN(Cc1cc(Cl)ccc1/C=C/C(=O)N1CCN(Cc2ccc(OCCF)cn2)C[C@H]1C)N=N. The lowest BCUT2D eigenvalue weighted by atomic mass is 10.1. The molecule has 2 heterocycles. The smallest absolute Gasteiger partial charge is 0.246 e. The van der Waals surface area contributed by atoms with E-state index in [2.05, 4.69) is 20.5 Å². The van der Waals surface area contributed by atoms with Gasteiger partial charge in [-0.15, -0.1) is 0 Å². The summed E-state index contributed by atoms with van der Waals surface area (Å²) in [6, 6.07) is 9.14. The molecule has 1 fully saturated rings. The molecular formula is C24H31ClFN7O2. The molecule has 1 amide bonds. The van der Waals surface area contributed by atoms with Crippen LogP contribution in [-0.2, 0) is 17.9 Å². The zero-order chi connectivity index (χ0) is 25.2. The van der Waals surface area contributed by atoms with Crippen LogP contribution in [0.4, 0.5) is 4.39 Å². The summed E-state index contributed by atoms with van der Waals surface area (Å²) < 4.78 is 17.5. The number of carbonyl (C=O) groups is 1. The average Bonchev–Trinajstić information content (AvgIpc) is 2.86. The van der Waals surface area contributed by atoms with E-state index in [1.54, 1.807) is 43.6 Å². The Hall–Kier alpha value is -3.08. The summed E-state index contributed by atoms with van der Waals surface area (Å²) >= 11 is 6.15. The van der Waals surface area contributed by atoms with Gasteiger partial charge in [0.15, 0.2) is 0 Å². The van der Waals surface area contributed by atoms with E-state index in [0.29, 0.717) is 30.4 Å². The highest BCUT2D eigenvalue weighted by Crippen LogP contribution is 2.20. The number of amides is 1. The fourth-order valence-corrected chi connectivity index (χ4v) is 4.13. The van der Waals surface area contributed by atoms with Crippen LogP contribution in [0.15, 0.2) is 47.8 Å². The highest BCUT2D eigenvalue weighted by atomic mass is 35.5. The predicted octanol–water partition coefficient (Wildman–Crippen LogP) is 3.71. The number of rotatable bonds is 11. The van der Waals surface area contributed by atoms with Gasteiger partial charge >= 0.3 is 0 Å². The zero-order valence-electron chi connectivity index (χ0n) is 20.0. The van der Waals surface area contributed by atoms with Gasteiger partial charge in [-0.05, 0) is 48.4 Å². The molecule has 1 atom stereocenters. The van der Waals surface area contributed by atoms with Crippen LogP contribution in [0.1, 0.15) is 23.7 Å². The molecule has 0 unspecified atom stereocenters. The number of hydrazine groups is 1. The number of carbonyl (C=O) groups excluding carboxylic acids is 1. The van der Waals surface area contributed by atoms with Crippen LogP contribution < -0.4 is 10.2 Å². The first-order valence-corrected chi connectivity index (χ1v) is 11.8. The molecule has 0 saturated carbocycles. The largest absolute Gasteiger partial charge is 0.489 e. The van der Waals surface area contributed by atoms with E-state index < -0.39 is 6.67 Å². The summed E-state index contributed by atoms with van der Waals surface area (Å²) in [6.45, 7) is 4.61. The number of piperazine rings is 1. The molecule has 0 aliphatic carbocycles. The maximum Gasteiger partial charge on any atom is 0.246 e. The van der Waals surface area contributed by atoms with Crippen molar-refractivity contribution in [1.29, 1.82) is 5.53 Å². The lowest BCUT2D eigenvalue weighted by molar-refractivity contribution is -0.130. The van der Waals surface area contributed by atoms with Crippen LogP contribution in [0, 0.1) is 5.53 Å². The van der Waals surface area contributed by atoms with E-state index in [0.717, 1.165) is 29.9 Å². The number of nitrogens with zero attached hydrogens (tertiary/aromatic N) is 5. The van der Waals surface area contributed by atoms with Crippen molar-refractivity contribution in [2.45, 2.75) is 26.1 Å². The minimum Gasteiger partial charge on any atom is -0.489 e. The van der Waals surface area contributed by atoms with Crippen molar-refractivity contribution in [3.05, 3.63) is 64.4 Å². The van der Waals surface area contributed by atoms with Crippen LogP contribution in [0.25, 0.3) is 6.08 Å². The molecule has 0 bridgehead atoms. The van der Waals surface area contributed by atoms with Gasteiger partial charge < -0.3 is 9.64 Å². The topological polar surface area (TPSA) is 97.2 Å². The Morgan fingerprint density at radius 2 is 2.23 bits per heavy atom. The van der Waals surface area contributed by atoms with Gasteiger partial charge in [0.1, 0.15) is 19.0 Å². The zero-order valence-corrected chi connectivity index (χ0v) is 20.7. The standard InChI is InChI=1S/C24H31ClFN7O2/c1-18-15-31(17-22-6-7-23(14-29-22)35-12-9-26)10-11-32(18)24(34)8-4-19-3-5-21(25)13-20(19)16-33(28-2)30-27/h3-8,13-14,18,27-28H,9-12,15-17H2,1-2H3/b8-4+,30-27?/t18-/m1/s1. The lowest BCUT2D eigenvalue weighted by Gasteiger charge is -2.39. The second-order valence-electron chi connectivity index (χ2n) is 8.20. The summed E-state index contributed by atoms with van der Waals surface area (Å²) in [5.41, 5.74) is 12.6. The molecule has 11 heteroatoms. The quantitative estimate of drug-likeness (QED) is 0.275. The van der Waals surface area contributed by atoms with Gasteiger partial charge in [-0.25, -0.2) is 14.9 Å². The number of aromatic nitrogens is 1. The van der Waals surface area contributed by atoms with Gasteiger partial charge in [-0.2, -0.15) is 5.53 Å². The van der Waals surface area contributed by atoms with Gasteiger partial charge in [0, 0.05) is 50.4 Å². The minimum atomic E-state index is -0.532. The van der Waals surface area contributed by atoms with Crippen molar-refractivity contribution in [3.63, 3.8) is 0 Å². The Labute approximate surface area is 210 Å². The average molecular weight is 504 g/mol. The molecule has 35 heavy (non-hydrogen) atoms. The molecule has 2 aromatic rings. The number of hydrogen-bond donors (Lipinski definition) is 2. The predicted molar refractivity (Wildman–Crippen MR) is 132 cm³/mol. The molecule has 1 aliphatic heterocycles. The third-order valence-electron chi connectivity index (χ3n) is 5.73. The maximum absolute atomic E-state index is 13.0. The van der Waals surface area contributed by atoms with E-state index in [1.807, 2.05) is 24.0 Å². The normalized spacial score (nSPS) is 16.5. The summed E-state index contributed by atoms with van der Waals surface area (Å²) in [5, 5.41) is 5.35. The van der Waals surface area contributed by atoms with Gasteiger partial charge in [0.2, 0.25) is 5.91 Å². The number of alkyl halides is 1. The number of hydrogen-bond acceptors (Lipinski definition) is 7. The maximum atomic E-state index is 13.0. The summed E-state index contributed by atoms with van der Waals surface area (Å²) in [4.78, 5) is 21.5. The second kappa shape index (κ2) is 13.1. The molecule has 1 aromatic heterocycles. The van der Waals surface area contributed by atoms with E-state index >= 15 is 0 Å². The molecule has 2 N–H and O–H groups in total. The van der Waals surface area contributed by atoms with Gasteiger partial charge in [0.25, 0.3) is 0 Å². The molecule has 0 spiro atoms. The summed E-state index contributed by atoms with van der Waals surface area (Å²) in [5.74, 6) is 0.500. The number of halogens is 2. The third-order valence-corrected chi connectivity index (χ3v) is 5.97. The van der Waals surface area contributed by atoms with Crippen molar-refractivity contribution in [1.82, 2.24) is 25.3 Å². The number of pyridine rings is 1. The highest BCUT2D eigenvalue weighted by Gasteiger charge is 2.26. The lowest BCUT2D eigenvalue weighted by Crippen LogP contribution is -2.53. The van der Waals surface area contributed by atoms with E-state index in [9.17, 15) is 9.18 Å². The Bertz CT molecular complexity index is 1020. The van der Waals surface area contributed by atoms with Crippen molar-refractivity contribution in [2.75, 3.05) is 40.0 Å². The van der Waals surface area contributed by atoms with Crippen molar-refractivity contribution in [2.24, 2.45) is 5.22 Å². The molecule has 188 valence electrons. The molecule has 1 saturated heterocycles. The molecule has 0 radical (unpaired) electrons. The first-order chi connectivity index (χ1) is 16.9.